The number of carbonyl (C=O) groups excluding carboxylic acids is 4. The number of nitrogens with zero attached hydrogens (tertiary/aromatic N) is 2. The summed E-state index contributed by atoms with van der Waals surface area (Å²) in [5.74, 6) is -0.182. The number of rotatable bonds is 13. The number of anilines is 2. The lowest BCUT2D eigenvalue weighted by Gasteiger charge is -2.20. The summed E-state index contributed by atoms with van der Waals surface area (Å²) < 4.78 is 0. The molecule has 2 aliphatic carbocycles. The SMILES string of the molecule is CC(=NNC(=O)CCCCC(=O)NN=C(C)c1cccc(NC(=O)C2CCCCC2)c1)c1cccc(NC(=O)C2CCCCC2)c1. The van der Waals surface area contributed by atoms with Crippen molar-refractivity contribution in [3.8, 4) is 0 Å². The van der Waals surface area contributed by atoms with Gasteiger partial charge in [0.25, 0.3) is 0 Å². The Bertz CT molecular complexity index is 1320. The van der Waals surface area contributed by atoms with Crippen LogP contribution in [0.15, 0.2) is 58.7 Å². The third-order valence-corrected chi connectivity index (χ3v) is 8.80. The summed E-state index contributed by atoms with van der Waals surface area (Å²) in [6.07, 6.45) is 12.1. The third kappa shape index (κ3) is 11.2. The fraction of sp³-hybridized carbons (Fsp3) is 0.500. The molecule has 246 valence electrons. The predicted molar refractivity (Wildman–Crippen MR) is 182 cm³/mol. The van der Waals surface area contributed by atoms with Crippen LogP contribution in [0.2, 0.25) is 0 Å². The van der Waals surface area contributed by atoms with Crippen LogP contribution in [0.25, 0.3) is 0 Å². The van der Waals surface area contributed by atoms with Gasteiger partial charge in [-0.05, 0) is 87.8 Å². The van der Waals surface area contributed by atoms with Gasteiger partial charge in [0.1, 0.15) is 0 Å². The zero-order chi connectivity index (χ0) is 32.7. The van der Waals surface area contributed by atoms with Crippen molar-refractivity contribution >= 4 is 46.4 Å². The molecule has 2 saturated carbocycles. The first-order chi connectivity index (χ1) is 22.3. The Hall–Kier alpha value is -4.34. The summed E-state index contributed by atoms with van der Waals surface area (Å²) in [4.78, 5) is 49.9. The lowest BCUT2D eigenvalue weighted by Crippen LogP contribution is -2.24. The number of hydrazone groups is 2. The minimum atomic E-state index is -0.231. The second-order valence-electron chi connectivity index (χ2n) is 12.5. The molecule has 10 heteroatoms. The van der Waals surface area contributed by atoms with Gasteiger partial charge in [0.15, 0.2) is 0 Å². The Kier molecular flexibility index (Phi) is 13.5. The topological polar surface area (TPSA) is 141 Å². The van der Waals surface area contributed by atoms with E-state index in [0.717, 1.165) is 73.9 Å². The van der Waals surface area contributed by atoms with E-state index in [-0.39, 0.29) is 48.3 Å². The van der Waals surface area contributed by atoms with E-state index >= 15 is 0 Å². The molecular formula is C36H48N6O4. The predicted octanol–water partition coefficient (Wildman–Crippen LogP) is 6.67. The fourth-order valence-corrected chi connectivity index (χ4v) is 5.97. The van der Waals surface area contributed by atoms with E-state index in [1.54, 1.807) is 13.8 Å². The molecule has 0 saturated heterocycles. The van der Waals surface area contributed by atoms with Gasteiger partial charge in [0, 0.05) is 36.1 Å². The number of carbonyl (C=O) groups is 4. The quantitative estimate of drug-likeness (QED) is 0.112. The van der Waals surface area contributed by atoms with Crippen molar-refractivity contribution in [2.75, 3.05) is 10.6 Å². The second-order valence-corrected chi connectivity index (χ2v) is 12.5. The molecule has 0 unspecified atom stereocenters. The van der Waals surface area contributed by atoms with Gasteiger partial charge in [0.2, 0.25) is 23.6 Å². The van der Waals surface area contributed by atoms with Gasteiger partial charge in [-0.15, -0.1) is 0 Å². The zero-order valence-corrected chi connectivity index (χ0v) is 27.2. The van der Waals surface area contributed by atoms with Gasteiger partial charge in [-0.25, -0.2) is 10.9 Å². The van der Waals surface area contributed by atoms with Gasteiger partial charge in [-0.1, -0.05) is 62.8 Å². The number of amides is 4. The molecule has 10 nitrogen and oxygen atoms in total. The molecule has 2 aliphatic rings. The molecule has 0 radical (unpaired) electrons. The summed E-state index contributed by atoms with van der Waals surface area (Å²) in [6.45, 7) is 3.61. The number of hydrogen-bond donors (Lipinski definition) is 4. The summed E-state index contributed by atoms with van der Waals surface area (Å²) >= 11 is 0. The highest BCUT2D eigenvalue weighted by atomic mass is 16.2. The van der Waals surface area contributed by atoms with E-state index in [4.69, 9.17) is 0 Å². The minimum Gasteiger partial charge on any atom is -0.326 e. The monoisotopic (exact) mass is 628 g/mol. The summed E-state index contributed by atoms with van der Waals surface area (Å²) in [6, 6.07) is 14.9. The average molecular weight is 629 g/mol. The molecule has 2 aromatic rings. The first-order valence-corrected chi connectivity index (χ1v) is 16.8. The molecule has 0 heterocycles. The van der Waals surface area contributed by atoms with Crippen molar-refractivity contribution in [2.24, 2.45) is 22.0 Å². The smallest absolute Gasteiger partial charge is 0.240 e. The lowest BCUT2D eigenvalue weighted by molar-refractivity contribution is -0.123. The lowest BCUT2D eigenvalue weighted by atomic mass is 9.88. The van der Waals surface area contributed by atoms with Crippen molar-refractivity contribution in [1.29, 1.82) is 0 Å². The molecule has 0 aromatic heterocycles. The summed E-state index contributed by atoms with van der Waals surface area (Å²) in [5, 5.41) is 14.5. The van der Waals surface area contributed by atoms with Crippen LogP contribution in [0.3, 0.4) is 0 Å². The Morgan fingerprint density at radius 2 is 1.00 bits per heavy atom. The molecule has 2 fully saturated rings. The van der Waals surface area contributed by atoms with Crippen LogP contribution in [0.4, 0.5) is 11.4 Å². The number of hydrogen-bond acceptors (Lipinski definition) is 6. The first-order valence-electron chi connectivity index (χ1n) is 16.8. The maximum Gasteiger partial charge on any atom is 0.240 e. The highest BCUT2D eigenvalue weighted by Gasteiger charge is 2.22. The summed E-state index contributed by atoms with van der Waals surface area (Å²) in [5.41, 5.74) is 9.50. The molecular weight excluding hydrogens is 580 g/mol. The van der Waals surface area contributed by atoms with Crippen molar-refractivity contribution in [2.45, 2.75) is 104 Å². The summed E-state index contributed by atoms with van der Waals surface area (Å²) in [7, 11) is 0. The fourth-order valence-electron chi connectivity index (χ4n) is 5.97. The maximum atomic E-state index is 12.6. The molecule has 4 rings (SSSR count). The largest absolute Gasteiger partial charge is 0.326 e. The zero-order valence-electron chi connectivity index (χ0n) is 27.2. The van der Waals surface area contributed by atoms with Gasteiger partial charge < -0.3 is 10.6 Å². The Morgan fingerprint density at radius 1 is 0.609 bits per heavy atom. The van der Waals surface area contributed by atoms with Crippen LogP contribution in [0.1, 0.15) is 115 Å². The Labute approximate surface area is 272 Å². The maximum absolute atomic E-state index is 12.6. The molecule has 4 N–H and O–H groups in total. The number of nitrogens with one attached hydrogen (secondary N) is 4. The molecule has 2 aromatic carbocycles. The molecule has 0 aliphatic heterocycles. The second kappa shape index (κ2) is 18.0. The van der Waals surface area contributed by atoms with Crippen molar-refractivity contribution in [1.82, 2.24) is 10.9 Å². The van der Waals surface area contributed by atoms with E-state index in [1.165, 1.54) is 12.8 Å². The third-order valence-electron chi connectivity index (χ3n) is 8.80. The highest BCUT2D eigenvalue weighted by molar-refractivity contribution is 6.02. The first kappa shape index (κ1) is 34.5. The van der Waals surface area contributed by atoms with E-state index < -0.39 is 0 Å². The van der Waals surface area contributed by atoms with E-state index in [1.807, 2.05) is 48.5 Å². The minimum absolute atomic E-state index is 0.0664. The number of unbranched alkanes of at least 4 members (excludes halogenated alkanes) is 1. The highest BCUT2D eigenvalue weighted by Crippen LogP contribution is 2.26. The van der Waals surface area contributed by atoms with Crippen LogP contribution in [0.5, 0.6) is 0 Å². The van der Waals surface area contributed by atoms with E-state index in [0.29, 0.717) is 24.3 Å². The molecule has 0 spiro atoms. The standard InChI is InChI=1S/C36H48N6O4/c1-25(29-17-11-19-31(23-29)37-35(45)27-13-5-3-6-14-27)39-41-33(43)21-9-10-22-34(44)42-40-26(2)30-18-12-20-32(24-30)38-36(46)28-15-7-4-8-16-28/h11-12,17-20,23-24,27-28H,3-10,13-16,21-22H2,1-2H3,(H,37,45)(H,38,46)(H,41,43)(H,42,44). The van der Waals surface area contributed by atoms with Gasteiger partial charge in [0.05, 0.1) is 11.4 Å². The van der Waals surface area contributed by atoms with Crippen LogP contribution >= 0.6 is 0 Å². The normalized spacial score (nSPS) is 16.4. The Morgan fingerprint density at radius 3 is 1.39 bits per heavy atom. The molecule has 46 heavy (non-hydrogen) atoms. The van der Waals surface area contributed by atoms with Crippen LogP contribution in [-0.4, -0.2) is 35.1 Å². The van der Waals surface area contributed by atoms with Crippen molar-refractivity contribution in [3.63, 3.8) is 0 Å². The Balaban J connectivity index is 1.14. The van der Waals surface area contributed by atoms with E-state index in [9.17, 15) is 19.2 Å². The molecule has 0 bridgehead atoms. The van der Waals surface area contributed by atoms with E-state index in [2.05, 4.69) is 31.7 Å². The van der Waals surface area contributed by atoms with Gasteiger partial charge >= 0.3 is 0 Å². The number of benzene rings is 2. The van der Waals surface area contributed by atoms with Crippen LogP contribution in [0, 0.1) is 11.8 Å². The van der Waals surface area contributed by atoms with Crippen LogP contribution in [-0.2, 0) is 19.2 Å². The van der Waals surface area contributed by atoms with Crippen molar-refractivity contribution in [3.05, 3.63) is 59.7 Å². The molecule has 0 atom stereocenters. The van der Waals surface area contributed by atoms with Gasteiger partial charge in [-0.3, -0.25) is 19.2 Å². The average Bonchev–Trinajstić information content (AvgIpc) is 3.09. The van der Waals surface area contributed by atoms with Crippen molar-refractivity contribution < 1.29 is 19.2 Å². The van der Waals surface area contributed by atoms with Crippen LogP contribution < -0.4 is 21.5 Å². The van der Waals surface area contributed by atoms with Gasteiger partial charge in [-0.2, -0.15) is 10.2 Å². The molecule has 4 amide bonds.